The Morgan fingerprint density at radius 2 is 2.04 bits per heavy atom. The van der Waals surface area contributed by atoms with Crippen molar-refractivity contribution in [3.8, 4) is 5.75 Å². The van der Waals surface area contributed by atoms with Crippen LogP contribution in [0, 0.1) is 6.92 Å². The average Bonchev–Trinajstić information content (AvgIpc) is 2.59. The number of halogens is 1. The summed E-state index contributed by atoms with van der Waals surface area (Å²) in [6.45, 7) is 2.37. The van der Waals surface area contributed by atoms with Crippen LogP contribution in [0.4, 0.5) is 0 Å². The van der Waals surface area contributed by atoms with Crippen molar-refractivity contribution in [1.82, 2.24) is 15.6 Å². The largest absolute Gasteiger partial charge is 0.440 e. The molecular formula is C18H16BrN3O2. The summed E-state index contributed by atoms with van der Waals surface area (Å²) in [4.78, 5) is 16.4. The number of pyridine rings is 1. The summed E-state index contributed by atoms with van der Waals surface area (Å²) in [5, 5.41) is 6.01. The Bertz CT molecular complexity index is 813. The molecule has 5 nitrogen and oxygen atoms in total. The van der Waals surface area contributed by atoms with Gasteiger partial charge >= 0.3 is 0 Å². The fourth-order valence-electron chi connectivity index (χ4n) is 2.15. The van der Waals surface area contributed by atoms with E-state index in [1.807, 2.05) is 37.3 Å². The first kappa shape index (κ1) is 16.3. The number of carbonyl (C=O) groups excluding carboxylic acids is 1. The first-order chi connectivity index (χ1) is 11.6. The Labute approximate surface area is 148 Å². The molecule has 0 saturated heterocycles. The fourth-order valence-corrected chi connectivity index (χ4v) is 2.41. The molecule has 2 heterocycles. The number of allylic oxidation sites excluding steroid dienone is 2. The third-order valence-electron chi connectivity index (χ3n) is 3.45. The van der Waals surface area contributed by atoms with Crippen molar-refractivity contribution in [2.45, 2.75) is 6.92 Å². The highest BCUT2D eigenvalue weighted by Gasteiger charge is 2.12. The van der Waals surface area contributed by atoms with Gasteiger partial charge in [0.2, 0.25) is 0 Å². The van der Waals surface area contributed by atoms with Gasteiger partial charge in [-0.2, -0.15) is 0 Å². The third kappa shape index (κ3) is 4.02. The molecule has 2 aromatic rings. The van der Waals surface area contributed by atoms with Crippen molar-refractivity contribution >= 4 is 21.8 Å². The summed E-state index contributed by atoms with van der Waals surface area (Å²) in [5.74, 6) is 1.18. The maximum Gasteiger partial charge on any atom is 0.255 e. The number of aryl methyl sites for hydroxylation is 1. The highest BCUT2D eigenvalue weighted by atomic mass is 79.9. The van der Waals surface area contributed by atoms with Crippen LogP contribution in [-0.2, 0) is 0 Å². The van der Waals surface area contributed by atoms with Gasteiger partial charge in [-0.15, -0.1) is 0 Å². The molecule has 0 atom stereocenters. The second-order valence-corrected chi connectivity index (χ2v) is 6.14. The topological polar surface area (TPSA) is 63.2 Å². The zero-order valence-corrected chi connectivity index (χ0v) is 14.6. The molecule has 1 aromatic carbocycles. The van der Waals surface area contributed by atoms with Crippen LogP contribution in [0.1, 0.15) is 16.1 Å². The number of hydrogen-bond acceptors (Lipinski definition) is 4. The molecule has 1 aliphatic heterocycles. The average molecular weight is 386 g/mol. The summed E-state index contributed by atoms with van der Waals surface area (Å²) < 4.78 is 6.70. The van der Waals surface area contributed by atoms with E-state index in [1.54, 1.807) is 24.4 Å². The van der Waals surface area contributed by atoms with Gasteiger partial charge in [0.1, 0.15) is 0 Å². The second kappa shape index (κ2) is 7.31. The number of rotatable bonds is 4. The van der Waals surface area contributed by atoms with E-state index in [0.29, 0.717) is 23.7 Å². The molecule has 122 valence electrons. The molecular weight excluding hydrogens is 370 g/mol. The molecule has 0 aliphatic carbocycles. The summed E-state index contributed by atoms with van der Waals surface area (Å²) >= 11 is 3.35. The van der Waals surface area contributed by atoms with Crippen LogP contribution in [0.15, 0.2) is 70.8 Å². The summed E-state index contributed by atoms with van der Waals surface area (Å²) in [6.07, 6.45) is 5.34. The molecule has 1 aliphatic rings. The number of benzene rings is 1. The maximum absolute atomic E-state index is 12.2. The molecule has 0 bridgehead atoms. The minimum absolute atomic E-state index is 0.142. The number of nitrogens with zero attached hydrogens (tertiary/aromatic N) is 1. The van der Waals surface area contributed by atoms with Crippen LogP contribution in [0.25, 0.3) is 0 Å². The maximum atomic E-state index is 12.2. The van der Waals surface area contributed by atoms with Crippen molar-refractivity contribution in [2.24, 2.45) is 0 Å². The van der Waals surface area contributed by atoms with Crippen molar-refractivity contribution < 1.29 is 9.53 Å². The molecule has 3 rings (SSSR count). The molecule has 6 heteroatoms. The Kier molecular flexibility index (Phi) is 4.96. The summed E-state index contributed by atoms with van der Waals surface area (Å²) in [7, 11) is 0. The van der Waals surface area contributed by atoms with E-state index in [9.17, 15) is 4.79 Å². The Morgan fingerprint density at radius 3 is 2.71 bits per heavy atom. The standard InChI is InChI=1S/C18H16BrN3O2/c1-12-16(3-2-10-20-12)24-17-9-8-15(11-21-17)22-18(23)13-4-6-14(19)7-5-13/h2-10,21H,11H2,1H3,(H,22,23). The van der Waals surface area contributed by atoms with Gasteiger partial charge in [-0.3, -0.25) is 9.78 Å². The minimum atomic E-state index is -0.142. The highest BCUT2D eigenvalue weighted by molar-refractivity contribution is 9.10. The number of ether oxygens (including phenoxy) is 1. The Hall–Kier alpha value is -2.60. The third-order valence-corrected chi connectivity index (χ3v) is 3.98. The SMILES string of the molecule is Cc1ncccc1OC1=CC=C(NC(=O)c2ccc(Br)cc2)CN1. The van der Waals surface area contributed by atoms with E-state index in [1.165, 1.54) is 0 Å². The van der Waals surface area contributed by atoms with Crippen molar-refractivity contribution in [3.63, 3.8) is 0 Å². The number of dihydropyridines is 1. The van der Waals surface area contributed by atoms with Gasteiger partial charge < -0.3 is 15.4 Å². The van der Waals surface area contributed by atoms with E-state index in [2.05, 4.69) is 31.5 Å². The van der Waals surface area contributed by atoms with Gasteiger partial charge in [0.05, 0.1) is 12.2 Å². The molecule has 1 aromatic heterocycles. The first-order valence-electron chi connectivity index (χ1n) is 7.43. The molecule has 0 radical (unpaired) electrons. The molecule has 0 fully saturated rings. The molecule has 2 N–H and O–H groups in total. The number of carbonyl (C=O) groups is 1. The smallest absolute Gasteiger partial charge is 0.255 e. The van der Waals surface area contributed by atoms with Crippen LogP contribution < -0.4 is 15.4 Å². The first-order valence-corrected chi connectivity index (χ1v) is 8.22. The van der Waals surface area contributed by atoms with Crippen molar-refractivity contribution in [1.29, 1.82) is 0 Å². The predicted octanol–water partition coefficient (Wildman–Crippen LogP) is 3.29. The van der Waals surface area contributed by atoms with Gasteiger partial charge in [-0.1, -0.05) is 15.9 Å². The number of nitrogens with one attached hydrogen (secondary N) is 2. The predicted molar refractivity (Wildman–Crippen MR) is 95.4 cm³/mol. The normalized spacial score (nSPS) is 13.4. The van der Waals surface area contributed by atoms with E-state index >= 15 is 0 Å². The van der Waals surface area contributed by atoms with E-state index < -0.39 is 0 Å². The molecule has 1 amide bonds. The Balaban J connectivity index is 1.64. The lowest BCUT2D eigenvalue weighted by molar-refractivity contribution is 0.0964. The van der Waals surface area contributed by atoms with Crippen molar-refractivity contribution in [3.05, 3.63) is 82.1 Å². The van der Waals surface area contributed by atoms with Crippen LogP contribution in [-0.4, -0.2) is 17.4 Å². The molecule has 0 spiro atoms. The van der Waals surface area contributed by atoms with Crippen LogP contribution in [0.2, 0.25) is 0 Å². The van der Waals surface area contributed by atoms with E-state index in [4.69, 9.17) is 4.74 Å². The quantitative estimate of drug-likeness (QED) is 0.847. The monoisotopic (exact) mass is 385 g/mol. The number of hydrogen-bond donors (Lipinski definition) is 2. The van der Waals surface area contributed by atoms with Crippen LogP contribution in [0.3, 0.4) is 0 Å². The van der Waals surface area contributed by atoms with Crippen LogP contribution in [0.5, 0.6) is 5.75 Å². The molecule has 0 saturated carbocycles. The minimum Gasteiger partial charge on any atom is -0.440 e. The van der Waals surface area contributed by atoms with Gasteiger partial charge in [-0.25, -0.2) is 0 Å². The van der Waals surface area contributed by atoms with Crippen molar-refractivity contribution in [2.75, 3.05) is 6.54 Å². The van der Waals surface area contributed by atoms with Gasteiger partial charge in [0, 0.05) is 28.0 Å². The van der Waals surface area contributed by atoms with Gasteiger partial charge in [0.15, 0.2) is 11.6 Å². The summed E-state index contributed by atoms with van der Waals surface area (Å²) in [6, 6.07) is 10.9. The highest BCUT2D eigenvalue weighted by Crippen LogP contribution is 2.17. The molecule has 24 heavy (non-hydrogen) atoms. The Morgan fingerprint density at radius 1 is 1.25 bits per heavy atom. The lowest BCUT2D eigenvalue weighted by Crippen LogP contribution is -2.32. The lowest BCUT2D eigenvalue weighted by Gasteiger charge is -2.18. The van der Waals surface area contributed by atoms with E-state index in [-0.39, 0.29) is 5.91 Å². The fraction of sp³-hybridized carbons (Fsp3) is 0.111. The van der Waals surface area contributed by atoms with Gasteiger partial charge in [-0.05, 0) is 49.4 Å². The summed E-state index contributed by atoms with van der Waals surface area (Å²) in [5.41, 5.74) is 2.20. The lowest BCUT2D eigenvalue weighted by atomic mass is 10.2. The van der Waals surface area contributed by atoms with Crippen LogP contribution >= 0.6 is 15.9 Å². The number of amides is 1. The zero-order chi connectivity index (χ0) is 16.9. The van der Waals surface area contributed by atoms with E-state index in [0.717, 1.165) is 15.9 Å². The zero-order valence-electron chi connectivity index (χ0n) is 13.0. The molecule has 0 unspecified atom stereocenters. The van der Waals surface area contributed by atoms with Gasteiger partial charge in [0.25, 0.3) is 5.91 Å². The number of aromatic nitrogens is 1. The second-order valence-electron chi connectivity index (χ2n) is 5.23.